The van der Waals surface area contributed by atoms with Crippen molar-refractivity contribution in [2.75, 3.05) is 20.1 Å². The molecule has 0 bridgehead atoms. The molecule has 1 aliphatic heterocycles. The molecule has 0 amide bonds. The average molecular weight is 365 g/mol. The number of hydrogen-bond acceptors (Lipinski definition) is 3. The van der Waals surface area contributed by atoms with Gasteiger partial charge >= 0.3 is 0 Å². The highest BCUT2D eigenvalue weighted by molar-refractivity contribution is 7.14. The predicted octanol–water partition coefficient (Wildman–Crippen LogP) is 5.51. The minimum Gasteiger partial charge on any atom is -0.491 e. The molecule has 134 valence electrons. The van der Waals surface area contributed by atoms with E-state index in [1.807, 2.05) is 11.5 Å². The highest BCUT2D eigenvalue weighted by Gasteiger charge is 2.28. The largest absolute Gasteiger partial charge is 0.491 e. The Morgan fingerprint density at radius 1 is 1.12 bits per heavy atom. The minimum absolute atomic E-state index is 0.193. The summed E-state index contributed by atoms with van der Waals surface area (Å²) in [6, 6.07) is 15.4. The molecule has 2 aromatic heterocycles. The lowest BCUT2D eigenvalue weighted by Gasteiger charge is -2.12. The Balaban J connectivity index is 1.83. The topological polar surface area (TPSA) is 16.9 Å². The van der Waals surface area contributed by atoms with Crippen LogP contribution in [0.3, 0.4) is 0 Å². The van der Waals surface area contributed by atoms with Gasteiger partial charge in [0.15, 0.2) is 0 Å². The summed E-state index contributed by atoms with van der Waals surface area (Å²) in [5.41, 5.74) is 4.22. The van der Waals surface area contributed by atoms with E-state index in [4.69, 9.17) is 4.74 Å². The molecular weight excluding hydrogens is 340 g/mol. The van der Waals surface area contributed by atoms with Crippen molar-refractivity contribution >= 4 is 38.0 Å². The van der Waals surface area contributed by atoms with Crippen LogP contribution in [0.25, 0.3) is 26.5 Å². The van der Waals surface area contributed by atoms with Gasteiger partial charge in [-0.3, -0.25) is 3.79 Å². The van der Waals surface area contributed by atoms with Crippen molar-refractivity contribution in [3.05, 3.63) is 48.0 Å². The van der Waals surface area contributed by atoms with E-state index in [2.05, 4.69) is 72.0 Å². The molecule has 1 saturated heterocycles. The first kappa shape index (κ1) is 16.2. The third-order valence-corrected chi connectivity index (χ3v) is 6.55. The number of hydrogen-bond donors (Lipinski definition) is 0. The second-order valence-corrected chi connectivity index (χ2v) is 8.73. The summed E-state index contributed by atoms with van der Waals surface area (Å²) < 4.78 is 9.80. The summed E-state index contributed by atoms with van der Waals surface area (Å²) in [4.78, 5) is 2.45. The van der Waals surface area contributed by atoms with Crippen LogP contribution in [0.2, 0.25) is 0 Å². The Labute approximate surface area is 157 Å². The molecule has 3 nitrogen and oxygen atoms in total. The van der Waals surface area contributed by atoms with Crippen LogP contribution in [-0.2, 0) is 0 Å². The molecule has 0 unspecified atom stereocenters. The van der Waals surface area contributed by atoms with Crippen molar-refractivity contribution in [3.8, 4) is 5.75 Å². The van der Waals surface area contributed by atoms with E-state index in [1.165, 1.54) is 45.0 Å². The average Bonchev–Trinajstić information content (AvgIpc) is 3.27. The normalized spacial score (nSPS) is 18.7. The third-order valence-electron chi connectivity index (χ3n) is 5.44. The molecule has 3 heterocycles. The summed E-state index contributed by atoms with van der Waals surface area (Å²) in [5.74, 6) is 1.56. The van der Waals surface area contributed by atoms with Gasteiger partial charge in [-0.05, 0) is 63.7 Å². The summed E-state index contributed by atoms with van der Waals surface area (Å²) in [6.45, 7) is 6.48. The number of benzene rings is 2. The fourth-order valence-electron chi connectivity index (χ4n) is 4.38. The van der Waals surface area contributed by atoms with Crippen molar-refractivity contribution in [1.29, 1.82) is 0 Å². The molecule has 0 aliphatic carbocycles. The van der Waals surface area contributed by atoms with Crippen LogP contribution in [0.5, 0.6) is 5.75 Å². The molecule has 2 aromatic carbocycles. The van der Waals surface area contributed by atoms with E-state index in [0.717, 1.165) is 12.3 Å². The van der Waals surface area contributed by atoms with Crippen LogP contribution in [-0.4, -0.2) is 34.9 Å². The van der Waals surface area contributed by atoms with E-state index in [9.17, 15) is 0 Å². The van der Waals surface area contributed by atoms with Gasteiger partial charge in [-0.2, -0.15) is 0 Å². The molecular formula is C22H24N2OS. The quantitative estimate of drug-likeness (QED) is 0.476. The van der Waals surface area contributed by atoms with Crippen molar-refractivity contribution in [1.82, 2.24) is 8.69 Å². The lowest BCUT2D eigenvalue weighted by atomic mass is 9.95. The Morgan fingerprint density at radius 3 is 2.73 bits per heavy atom. The van der Waals surface area contributed by atoms with Gasteiger partial charge in [0.1, 0.15) is 5.75 Å². The zero-order valence-corrected chi connectivity index (χ0v) is 16.3. The molecule has 5 rings (SSSR count). The summed E-state index contributed by atoms with van der Waals surface area (Å²) in [6.07, 6.45) is 1.42. The zero-order valence-electron chi connectivity index (χ0n) is 15.5. The van der Waals surface area contributed by atoms with Gasteiger partial charge < -0.3 is 9.64 Å². The SMILES string of the molecule is CC(C)Oc1ccc2c(c1)c([C@@H]1CCN(C)C1)c1c3ccccc3sn21. The summed E-state index contributed by atoms with van der Waals surface area (Å²) >= 11 is 1.85. The van der Waals surface area contributed by atoms with Crippen molar-refractivity contribution in [2.24, 2.45) is 0 Å². The number of likely N-dealkylation sites (tertiary alicyclic amines) is 1. The molecule has 0 radical (unpaired) electrons. The Bertz CT molecular complexity index is 1110. The lowest BCUT2D eigenvalue weighted by Crippen LogP contribution is -2.13. The molecule has 1 fully saturated rings. The van der Waals surface area contributed by atoms with Gasteiger partial charge in [-0.25, -0.2) is 0 Å². The number of fused-ring (bicyclic) bond motifs is 5. The van der Waals surface area contributed by atoms with Gasteiger partial charge in [0.25, 0.3) is 0 Å². The molecule has 0 spiro atoms. The highest BCUT2D eigenvalue weighted by Crippen LogP contribution is 2.43. The van der Waals surface area contributed by atoms with Crippen LogP contribution in [0.4, 0.5) is 0 Å². The molecule has 4 aromatic rings. The second kappa shape index (κ2) is 6.00. The fourth-order valence-corrected chi connectivity index (χ4v) is 5.53. The maximum Gasteiger partial charge on any atom is 0.120 e. The van der Waals surface area contributed by atoms with E-state index in [1.54, 1.807) is 0 Å². The summed E-state index contributed by atoms with van der Waals surface area (Å²) in [5, 5.41) is 2.74. The predicted molar refractivity (Wildman–Crippen MR) is 111 cm³/mol. The molecule has 0 N–H and O–H groups in total. The van der Waals surface area contributed by atoms with Gasteiger partial charge in [0, 0.05) is 23.2 Å². The fraction of sp³-hybridized carbons (Fsp3) is 0.364. The Hall–Kier alpha value is -2.04. The molecule has 1 atom stereocenters. The van der Waals surface area contributed by atoms with Crippen molar-refractivity contribution in [2.45, 2.75) is 32.3 Å². The monoisotopic (exact) mass is 364 g/mol. The third kappa shape index (κ3) is 2.43. The molecule has 4 heteroatoms. The van der Waals surface area contributed by atoms with Crippen LogP contribution in [0.1, 0.15) is 31.7 Å². The van der Waals surface area contributed by atoms with Gasteiger partial charge in [0.05, 0.1) is 21.8 Å². The maximum atomic E-state index is 6.00. The first-order chi connectivity index (χ1) is 12.6. The van der Waals surface area contributed by atoms with E-state index < -0.39 is 0 Å². The number of aromatic nitrogens is 1. The first-order valence-electron chi connectivity index (χ1n) is 9.43. The van der Waals surface area contributed by atoms with Crippen molar-refractivity contribution in [3.63, 3.8) is 0 Å². The van der Waals surface area contributed by atoms with E-state index >= 15 is 0 Å². The van der Waals surface area contributed by atoms with Crippen LogP contribution >= 0.6 is 11.5 Å². The second-order valence-electron chi connectivity index (χ2n) is 7.74. The van der Waals surface area contributed by atoms with E-state index in [0.29, 0.717) is 5.92 Å². The number of likely N-dealkylation sites (N-methyl/N-ethyl adjacent to an activating group) is 1. The van der Waals surface area contributed by atoms with Gasteiger partial charge in [-0.15, -0.1) is 0 Å². The maximum absolute atomic E-state index is 6.00. The minimum atomic E-state index is 0.193. The van der Waals surface area contributed by atoms with Gasteiger partial charge in [0.2, 0.25) is 0 Å². The number of nitrogens with zero attached hydrogens (tertiary/aromatic N) is 2. The highest BCUT2D eigenvalue weighted by atomic mass is 32.1. The molecule has 1 aliphatic rings. The van der Waals surface area contributed by atoms with Crippen molar-refractivity contribution < 1.29 is 4.74 Å². The Kier molecular flexibility index (Phi) is 3.73. The molecule has 26 heavy (non-hydrogen) atoms. The standard InChI is InChI=1S/C22H24N2OS/c1-14(2)25-16-8-9-19-18(12-16)21(15-10-11-23(3)13-15)22-17-6-4-5-7-20(17)26-24(19)22/h4-9,12,14-15H,10-11,13H2,1-3H3/t15-/m1/s1. The van der Waals surface area contributed by atoms with E-state index in [-0.39, 0.29) is 6.10 Å². The smallest absolute Gasteiger partial charge is 0.120 e. The lowest BCUT2D eigenvalue weighted by molar-refractivity contribution is 0.243. The van der Waals surface area contributed by atoms with Crippen LogP contribution in [0, 0.1) is 0 Å². The van der Waals surface area contributed by atoms with Crippen LogP contribution < -0.4 is 4.74 Å². The van der Waals surface area contributed by atoms with Crippen LogP contribution in [0.15, 0.2) is 42.5 Å². The van der Waals surface area contributed by atoms with Gasteiger partial charge in [-0.1, -0.05) is 29.7 Å². The number of rotatable bonds is 3. The molecule has 0 saturated carbocycles. The number of ether oxygens (including phenoxy) is 1. The zero-order chi connectivity index (χ0) is 17.8. The summed E-state index contributed by atoms with van der Waals surface area (Å²) in [7, 11) is 2.23. The Morgan fingerprint density at radius 2 is 1.96 bits per heavy atom. The first-order valence-corrected chi connectivity index (χ1v) is 10.2.